The van der Waals surface area contributed by atoms with E-state index >= 15 is 0 Å². The summed E-state index contributed by atoms with van der Waals surface area (Å²) in [4.78, 5) is 10.7. The molecule has 6 heteroatoms. The third-order valence-electron chi connectivity index (χ3n) is 2.55. The molecule has 2 atom stereocenters. The highest BCUT2D eigenvalue weighted by Crippen LogP contribution is 2.30. The Kier molecular flexibility index (Phi) is 4.61. The molecule has 16 heavy (non-hydrogen) atoms. The highest BCUT2D eigenvalue weighted by molar-refractivity contribution is 5.79. The van der Waals surface area contributed by atoms with Gasteiger partial charge in [-0.05, 0) is 19.4 Å². The van der Waals surface area contributed by atoms with Gasteiger partial charge in [-0.2, -0.15) is 8.78 Å². The van der Waals surface area contributed by atoms with Crippen molar-refractivity contribution in [3.05, 3.63) is 0 Å². The number of alkyl halides is 2. The van der Waals surface area contributed by atoms with Crippen molar-refractivity contribution in [1.82, 2.24) is 5.32 Å². The Hall–Kier alpha value is -0.750. The van der Waals surface area contributed by atoms with E-state index < -0.39 is 24.4 Å². The van der Waals surface area contributed by atoms with Crippen LogP contribution in [0.15, 0.2) is 0 Å². The first-order chi connectivity index (χ1) is 7.45. The molecule has 94 valence electrons. The number of ether oxygens (including phenoxy) is 1. The second kappa shape index (κ2) is 5.54. The van der Waals surface area contributed by atoms with Gasteiger partial charge in [0.2, 0.25) is 0 Å². The summed E-state index contributed by atoms with van der Waals surface area (Å²) in [5.41, 5.74) is 0. The minimum atomic E-state index is -3.34. The second-order valence-electron chi connectivity index (χ2n) is 3.99. The molecular formula is C10H17F2NO3. The maximum absolute atomic E-state index is 12.7. The Morgan fingerprint density at radius 3 is 2.88 bits per heavy atom. The van der Waals surface area contributed by atoms with Gasteiger partial charge in [0, 0.05) is 6.54 Å². The van der Waals surface area contributed by atoms with E-state index in [-0.39, 0.29) is 12.6 Å². The number of aliphatic hydroxyl groups excluding tert-OH is 1. The van der Waals surface area contributed by atoms with E-state index in [0.29, 0.717) is 19.4 Å². The van der Waals surface area contributed by atoms with Crippen LogP contribution in [0.2, 0.25) is 0 Å². The summed E-state index contributed by atoms with van der Waals surface area (Å²) in [6, 6.07) is 0. The number of carbonyl (C=O) groups is 1. The summed E-state index contributed by atoms with van der Waals surface area (Å²) >= 11 is 0. The number of esters is 1. The van der Waals surface area contributed by atoms with Crippen LogP contribution in [0.5, 0.6) is 0 Å². The number of halogens is 2. The lowest BCUT2D eigenvalue weighted by Crippen LogP contribution is -2.29. The normalized spacial score (nSPS) is 25.5. The molecule has 0 aromatic rings. The molecule has 0 aliphatic carbocycles. The van der Waals surface area contributed by atoms with Crippen LogP contribution in [-0.2, 0) is 9.53 Å². The largest absolute Gasteiger partial charge is 0.456 e. The van der Waals surface area contributed by atoms with Crippen LogP contribution < -0.4 is 5.32 Å². The van der Waals surface area contributed by atoms with Crippen LogP contribution in [0, 0.1) is 0 Å². The molecule has 0 aromatic heterocycles. The SMILES string of the molecule is CCC(O)CCNCC1CC(F)(F)C(=O)O1. The van der Waals surface area contributed by atoms with Gasteiger partial charge in [-0.25, -0.2) is 4.79 Å². The molecule has 4 nitrogen and oxygen atoms in total. The van der Waals surface area contributed by atoms with Crippen molar-refractivity contribution in [2.45, 2.75) is 44.3 Å². The maximum atomic E-state index is 12.7. The van der Waals surface area contributed by atoms with Gasteiger partial charge >= 0.3 is 11.9 Å². The van der Waals surface area contributed by atoms with Gasteiger partial charge in [-0.3, -0.25) is 0 Å². The van der Waals surface area contributed by atoms with Crippen LogP contribution in [-0.4, -0.2) is 42.3 Å². The zero-order chi connectivity index (χ0) is 12.2. The number of hydrogen-bond acceptors (Lipinski definition) is 4. The first kappa shape index (κ1) is 13.3. The number of carbonyl (C=O) groups excluding carboxylic acids is 1. The molecule has 1 saturated heterocycles. The first-order valence-corrected chi connectivity index (χ1v) is 5.43. The smallest absolute Gasteiger partial charge is 0.377 e. The lowest BCUT2D eigenvalue weighted by Gasteiger charge is -2.11. The van der Waals surface area contributed by atoms with Crippen LogP contribution in [0.1, 0.15) is 26.2 Å². The molecule has 1 rings (SSSR count). The summed E-state index contributed by atoms with van der Waals surface area (Å²) in [7, 11) is 0. The fraction of sp³-hybridized carbons (Fsp3) is 0.900. The number of nitrogens with one attached hydrogen (secondary N) is 1. The number of cyclic esters (lactones) is 1. The third-order valence-corrected chi connectivity index (χ3v) is 2.55. The van der Waals surface area contributed by atoms with Crippen molar-refractivity contribution in [2.75, 3.05) is 13.1 Å². The fourth-order valence-electron chi connectivity index (χ4n) is 1.50. The van der Waals surface area contributed by atoms with E-state index in [4.69, 9.17) is 0 Å². The molecule has 2 N–H and O–H groups in total. The quantitative estimate of drug-likeness (QED) is 0.527. The molecule has 1 aliphatic heterocycles. The van der Waals surface area contributed by atoms with Gasteiger partial charge in [0.15, 0.2) is 0 Å². The van der Waals surface area contributed by atoms with Crippen LogP contribution in [0.25, 0.3) is 0 Å². The Labute approximate surface area is 93.0 Å². The predicted molar refractivity (Wildman–Crippen MR) is 53.2 cm³/mol. The minimum absolute atomic E-state index is 0.206. The Bertz CT molecular complexity index is 248. The average molecular weight is 237 g/mol. The molecule has 0 saturated carbocycles. The van der Waals surface area contributed by atoms with E-state index in [1.54, 1.807) is 0 Å². The van der Waals surface area contributed by atoms with Crippen molar-refractivity contribution in [3.8, 4) is 0 Å². The van der Waals surface area contributed by atoms with Gasteiger partial charge in [-0.1, -0.05) is 6.92 Å². The Morgan fingerprint density at radius 2 is 2.38 bits per heavy atom. The first-order valence-electron chi connectivity index (χ1n) is 5.43. The minimum Gasteiger partial charge on any atom is -0.456 e. The van der Waals surface area contributed by atoms with Crippen molar-refractivity contribution in [1.29, 1.82) is 0 Å². The lowest BCUT2D eigenvalue weighted by atomic mass is 10.2. The monoisotopic (exact) mass is 237 g/mol. The van der Waals surface area contributed by atoms with Crippen molar-refractivity contribution in [3.63, 3.8) is 0 Å². The van der Waals surface area contributed by atoms with Gasteiger partial charge in [0.25, 0.3) is 0 Å². The Morgan fingerprint density at radius 1 is 1.69 bits per heavy atom. The average Bonchev–Trinajstić information content (AvgIpc) is 2.47. The summed E-state index contributed by atoms with van der Waals surface area (Å²) in [6.07, 6.45) is -0.470. The summed E-state index contributed by atoms with van der Waals surface area (Å²) < 4.78 is 30.0. The maximum Gasteiger partial charge on any atom is 0.377 e. The number of aliphatic hydroxyl groups is 1. The molecule has 1 aliphatic rings. The zero-order valence-electron chi connectivity index (χ0n) is 9.21. The molecule has 0 bridgehead atoms. The second-order valence-corrected chi connectivity index (χ2v) is 3.99. The van der Waals surface area contributed by atoms with E-state index in [0.717, 1.165) is 0 Å². The highest BCUT2D eigenvalue weighted by Gasteiger charge is 2.50. The van der Waals surface area contributed by atoms with E-state index in [1.165, 1.54) is 0 Å². The summed E-state index contributed by atoms with van der Waals surface area (Å²) in [5.74, 6) is -4.78. The Balaban J connectivity index is 2.14. The molecule has 0 aromatic carbocycles. The number of rotatable bonds is 6. The zero-order valence-corrected chi connectivity index (χ0v) is 9.21. The van der Waals surface area contributed by atoms with E-state index in [2.05, 4.69) is 10.1 Å². The van der Waals surface area contributed by atoms with Crippen LogP contribution >= 0.6 is 0 Å². The third kappa shape index (κ3) is 3.68. The molecule has 1 fully saturated rings. The molecule has 0 spiro atoms. The summed E-state index contributed by atoms with van der Waals surface area (Å²) in [6.45, 7) is 2.59. The van der Waals surface area contributed by atoms with Crippen molar-refractivity contribution in [2.24, 2.45) is 0 Å². The van der Waals surface area contributed by atoms with Gasteiger partial charge in [-0.15, -0.1) is 0 Å². The molecule has 2 unspecified atom stereocenters. The topological polar surface area (TPSA) is 58.6 Å². The van der Waals surface area contributed by atoms with Gasteiger partial charge in [0.1, 0.15) is 6.10 Å². The van der Waals surface area contributed by atoms with Crippen LogP contribution in [0.3, 0.4) is 0 Å². The summed E-state index contributed by atoms with van der Waals surface area (Å²) in [5, 5.41) is 12.1. The lowest BCUT2D eigenvalue weighted by molar-refractivity contribution is -0.159. The molecule has 0 radical (unpaired) electrons. The fourth-order valence-corrected chi connectivity index (χ4v) is 1.50. The number of hydrogen-bond donors (Lipinski definition) is 2. The molecular weight excluding hydrogens is 220 g/mol. The molecule has 1 heterocycles. The standard InChI is InChI=1S/C10H17F2NO3/c1-2-7(14)3-4-13-6-8-5-10(11,12)9(15)16-8/h7-8,13-14H,2-6H2,1H3. The van der Waals surface area contributed by atoms with Gasteiger partial charge < -0.3 is 15.2 Å². The predicted octanol–water partition coefficient (Wildman–Crippen LogP) is 0.688. The highest BCUT2D eigenvalue weighted by atomic mass is 19.3. The van der Waals surface area contributed by atoms with Gasteiger partial charge in [0.05, 0.1) is 12.5 Å². The van der Waals surface area contributed by atoms with Crippen molar-refractivity contribution < 1.29 is 23.4 Å². The molecule has 0 amide bonds. The van der Waals surface area contributed by atoms with E-state index in [1.807, 2.05) is 6.92 Å². The van der Waals surface area contributed by atoms with Crippen molar-refractivity contribution >= 4 is 5.97 Å². The van der Waals surface area contributed by atoms with Crippen LogP contribution in [0.4, 0.5) is 8.78 Å². The van der Waals surface area contributed by atoms with E-state index in [9.17, 15) is 18.7 Å².